The van der Waals surface area contributed by atoms with Gasteiger partial charge in [0, 0.05) is 12.3 Å². The van der Waals surface area contributed by atoms with E-state index in [4.69, 9.17) is 21.7 Å². The summed E-state index contributed by atoms with van der Waals surface area (Å²) in [5.41, 5.74) is -0.340. The molecule has 1 aliphatic rings. The van der Waals surface area contributed by atoms with E-state index in [2.05, 4.69) is 10.3 Å². The number of aliphatic hydroxyl groups excluding tert-OH is 2. The Hall–Kier alpha value is -1.10. The summed E-state index contributed by atoms with van der Waals surface area (Å²) in [6.45, 7) is 0.442. The molecule has 1 aliphatic heterocycles. The third-order valence-corrected chi connectivity index (χ3v) is 3.30. The van der Waals surface area contributed by atoms with Crippen LogP contribution in [0.1, 0.15) is 6.23 Å². The van der Waals surface area contributed by atoms with Gasteiger partial charge in [-0.3, -0.25) is 19.7 Å². The first kappa shape index (κ1) is 15.3. The van der Waals surface area contributed by atoms with Crippen LogP contribution < -0.4 is 10.9 Å². The van der Waals surface area contributed by atoms with E-state index < -0.39 is 24.5 Å². The quantitative estimate of drug-likeness (QED) is 0.305. The van der Waals surface area contributed by atoms with Crippen molar-refractivity contribution in [2.45, 2.75) is 24.5 Å². The normalized spacial score (nSPS) is 29.8. The van der Waals surface area contributed by atoms with E-state index in [0.29, 0.717) is 6.73 Å². The minimum Gasteiger partial charge on any atom is -0.387 e. The lowest BCUT2D eigenvalue weighted by Gasteiger charge is -2.17. The van der Waals surface area contributed by atoms with E-state index in [-0.39, 0.29) is 16.9 Å². The second-order valence-corrected chi connectivity index (χ2v) is 4.82. The molecule has 8 nitrogen and oxygen atoms in total. The zero-order chi connectivity index (χ0) is 14.7. The van der Waals surface area contributed by atoms with E-state index in [1.165, 1.54) is 16.8 Å². The van der Waals surface area contributed by atoms with Crippen molar-refractivity contribution in [3.8, 4) is 0 Å². The van der Waals surface area contributed by atoms with Gasteiger partial charge in [0.05, 0.1) is 13.3 Å². The maximum Gasteiger partial charge on any atom is 0.251 e. The van der Waals surface area contributed by atoms with Gasteiger partial charge in [-0.2, -0.15) is 0 Å². The van der Waals surface area contributed by atoms with Gasteiger partial charge in [-0.05, 0) is 19.3 Å². The highest BCUT2D eigenvalue weighted by atomic mass is 32.1. The fourth-order valence-electron chi connectivity index (χ4n) is 2.00. The van der Waals surface area contributed by atoms with Gasteiger partial charge in [0.2, 0.25) is 0 Å². The van der Waals surface area contributed by atoms with Crippen LogP contribution in [0.5, 0.6) is 0 Å². The monoisotopic (exact) mass is 303 g/mol. The Morgan fingerprint density at radius 3 is 2.95 bits per heavy atom. The summed E-state index contributed by atoms with van der Waals surface area (Å²) in [6.07, 6.45) is -2.37. The fraction of sp³-hybridized carbons (Fsp3) is 0.636. The van der Waals surface area contributed by atoms with Gasteiger partial charge < -0.3 is 19.7 Å². The summed E-state index contributed by atoms with van der Waals surface area (Å²) in [6, 6.07) is 1.27. The molecule has 0 saturated carbocycles. The van der Waals surface area contributed by atoms with Crippen molar-refractivity contribution in [2.75, 3.05) is 20.4 Å². The molecule has 4 atom stereocenters. The lowest BCUT2D eigenvalue weighted by atomic mass is 10.1. The topological polar surface area (TPSA) is 109 Å². The number of hydrogen-bond donors (Lipinski definition) is 4. The van der Waals surface area contributed by atoms with Crippen LogP contribution in [0.15, 0.2) is 17.1 Å². The first-order chi connectivity index (χ1) is 9.54. The van der Waals surface area contributed by atoms with Crippen molar-refractivity contribution < 1.29 is 19.7 Å². The summed E-state index contributed by atoms with van der Waals surface area (Å²) in [4.78, 5) is 13.6. The van der Waals surface area contributed by atoms with Crippen molar-refractivity contribution in [1.29, 1.82) is 0 Å². The number of nitrogens with one attached hydrogen (secondary N) is 2. The van der Waals surface area contributed by atoms with Crippen molar-refractivity contribution in [3.05, 3.63) is 27.4 Å². The standard InChI is InChI=1S/C11H17N3O5S/c1-12-5-18-4-6-8(16)9(17)10(19-6)14-3-2-7(15)13-11(14)20/h2-3,6,8-10,12,16-17H,4-5H2,1H3,(H,13,15,20)/t6-,8-,9-,10-/m1/s1. The molecule has 0 aromatic carbocycles. The zero-order valence-electron chi connectivity index (χ0n) is 10.9. The molecule has 1 saturated heterocycles. The molecular formula is C11H17N3O5S. The highest BCUT2D eigenvalue weighted by Gasteiger charge is 2.43. The van der Waals surface area contributed by atoms with Gasteiger partial charge in [-0.15, -0.1) is 0 Å². The molecular weight excluding hydrogens is 286 g/mol. The molecule has 4 N–H and O–H groups in total. The average Bonchev–Trinajstić information content (AvgIpc) is 2.68. The Kier molecular flexibility index (Phi) is 5.02. The molecule has 0 aliphatic carbocycles. The molecule has 1 aromatic heterocycles. The number of nitrogens with zero attached hydrogens (tertiary/aromatic N) is 1. The zero-order valence-corrected chi connectivity index (χ0v) is 11.7. The van der Waals surface area contributed by atoms with E-state index in [1.54, 1.807) is 7.05 Å². The van der Waals surface area contributed by atoms with Crippen LogP contribution in [-0.4, -0.2) is 58.5 Å². The highest BCUT2D eigenvalue weighted by Crippen LogP contribution is 2.29. The van der Waals surface area contributed by atoms with Crippen LogP contribution in [0.2, 0.25) is 0 Å². The van der Waals surface area contributed by atoms with Crippen molar-refractivity contribution in [2.24, 2.45) is 0 Å². The summed E-state index contributed by atoms with van der Waals surface area (Å²) >= 11 is 5.01. The molecule has 9 heteroatoms. The van der Waals surface area contributed by atoms with Gasteiger partial charge in [0.1, 0.15) is 18.3 Å². The molecule has 0 amide bonds. The first-order valence-corrected chi connectivity index (χ1v) is 6.51. The highest BCUT2D eigenvalue weighted by molar-refractivity contribution is 7.71. The summed E-state index contributed by atoms with van der Waals surface area (Å²) in [7, 11) is 1.73. The van der Waals surface area contributed by atoms with Crippen LogP contribution in [-0.2, 0) is 9.47 Å². The second-order valence-electron chi connectivity index (χ2n) is 4.43. The van der Waals surface area contributed by atoms with E-state index in [9.17, 15) is 15.0 Å². The molecule has 2 rings (SSSR count). The van der Waals surface area contributed by atoms with Crippen molar-refractivity contribution >= 4 is 12.2 Å². The number of aliphatic hydroxyl groups is 2. The molecule has 0 radical (unpaired) electrons. The van der Waals surface area contributed by atoms with Crippen molar-refractivity contribution in [3.63, 3.8) is 0 Å². The molecule has 112 valence electrons. The van der Waals surface area contributed by atoms with Crippen LogP contribution in [0.25, 0.3) is 0 Å². The largest absolute Gasteiger partial charge is 0.387 e. The summed E-state index contributed by atoms with van der Waals surface area (Å²) in [5.74, 6) is 0. The number of hydrogen-bond acceptors (Lipinski definition) is 7. The van der Waals surface area contributed by atoms with E-state index in [0.717, 1.165) is 0 Å². The number of ether oxygens (including phenoxy) is 2. The third kappa shape index (κ3) is 3.14. The van der Waals surface area contributed by atoms with Gasteiger partial charge in [-0.1, -0.05) is 0 Å². The van der Waals surface area contributed by atoms with Crippen molar-refractivity contribution in [1.82, 2.24) is 14.9 Å². The first-order valence-electron chi connectivity index (χ1n) is 6.10. The van der Waals surface area contributed by atoms with Crippen LogP contribution in [0, 0.1) is 4.77 Å². The van der Waals surface area contributed by atoms with E-state index >= 15 is 0 Å². The third-order valence-electron chi connectivity index (χ3n) is 2.99. The van der Waals surface area contributed by atoms with Gasteiger partial charge >= 0.3 is 0 Å². The Balaban J connectivity index is 2.13. The predicted molar refractivity (Wildman–Crippen MR) is 71.7 cm³/mol. The van der Waals surface area contributed by atoms with Crippen LogP contribution >= 0.6 is 12.2 Å². The maximum atomic E-state index is 11.1. The van der Waals surface area contributed by atoms with Gasteiger partial charge in [-0.25, -0.2) is 0 Å². The number of aromatic amines is 1. The smallest absolute Gasteiger partial charge is 0.251 e. The molecule has 0 unspecified atom stereocenters. The molecule has 0 bridgehead atoms. The Morgan fingerprint density at radius 2 is 2.30 bits per heavy atom. The Labute approximate surface area is 120 Å². The lowest BCUT2D eigenvalue weighted by Crippen LogP contribution is -2.34. The fourth-order valence-corrected chi connectivity index (χ4v) is 2.27. The van der Waals surface area contributed by atoms with E-state index in [1.807, 2.05) is 0 Å². The SMILES string of the molecule is CNCOC[C@H]1O[C@@H](n2ccc(=O)[nH]c2=S)[C@H](O)[C@@H]1O. The number of rotatable bonds is 5. The predicted octanol–water partition coefficient (Wildman–Crippen LogP) is -1.28. The number of H-pyrrole nitrogens is 1. The number of aromatic nitrogens is 2. The molecule has 20 heavy (non-hydrogen) atoms. The molecule has 2 heterocycles. The molecule has 1 fully saturated rings. The van der Waals surface area contributed by atoms with Gasteiger partial charge in [0.15, 0.2) is 11.0 Å². The average molecular weight is 303 g/mol. The summed E-state index contributed by atoms with van der Waals surface area (Å²) < 4.78 is 12.3. The minimum absolute atomic E-state index is 0.116. The maximum absolute atomic E-state index is 11.1. The Morgan fingerprint density at radius 1 is 1.55 bits per heavy atom. The molecule has 1 aromatic rings. The lowest BCUT2D eigenvalue weighted by molar-refractivity contribution is -0.0691. The van der Waals surface area contributed by atoms with Crippen LogP contribution in [0.3, 0.4) is 0 Å². The minimum atomic E-state index is -1.16. The van der Waals surface area contributed by atoms with Gasteiger partial charge in [0.25, 0.3) is 5.56 Å². The second kappa shape index (κ2) is 6.57. The Bertz CT molecular complexity index is 559. The van der Waals surface area contributed by atoms with Crippen LogP contribution in [0.4, 0.5) is 0 Å². The molecule has 0 spiro atoms. The summed E-state index contributed by atoms with van der Waals surface area (Å²) in [5, 5.41) is 22.8.